The molecule has 0 radical (unpaired) electrons. The summed E-state index contributed by atoms with van der Waals surface area (Å²) in [4.78, 5) is 10.5. The van der Waals surface area contributed by atoms with Gasteiger partial charge >= 0.3 is 0 Å². The first-order valence-corrected chi connectivity index (χ1v) is 10.7. The van der Waals surface area contributed by atoms with Crippen molar-refractivity contribution in [3.8, 4) is 17.6 Å². The predicted octanol–water partition coefficient (Wildman–Crippen LogP) is 6.01. The van der Waals surface area contributed by atoms with Crippen LogP contribution < -0.4 is 9.47 Å². The topological polar surface area (TPSA) is 90.3 Å². The Balaban J connectivity index is 1.65. The zero-order valence-electron chi connectivity index (χ0n) is 18.9. The fraction of sp³-hybridized carbons (Fsp3) is 0.148. The van der Waals surface area contributed by atoms with E-state index in [0.717, 1.165) is 33.7 Å². The number of para-hydroxylation sites is 1. The molecule has 0 aliphatic rings. The second-order valence-electron chi connectivity index (χ2n) is 7.67. The van der Waals surface area contributed by atoms with Crippen LogP contribution in [-0.2, 0) is 6.54 Å². The standard InChI is InChI=1S/C27H23N3O4/c1-19-26(16-21(18-28)20-10-12-22(13-11-20)30(31)32)25-8-3-4-9-27(25)29(19)14-15-34-24-7-5-6-23(17-24)33-2/h3-13,16-17H,14-15H2,1-2H3/b21-16-. The lowest BCUT2D eigenvalue weighted by atomic mass is 10.0. The third kappa shape index (κ3) is 4.62. The van der Waals surface area contributed by atoms with E-state index in [0.29, 0.717) is 24.3 Å². The number of rotatable bonds is 8. The maximum atomic E-state index is 11.0. The molecular weight excluding hydrogens is 430 g/mol. The molecule has 0 unspecified atom stereocenters. The van der Waals surface area contributed by atoms with Crippen molar-refractivity contribution in [3.63, 3.8) is 0 Å². The van der Waals surface area contributed by atoms with Crippen molar-refractivity contribution in [1.29, 1.82) is 5.26 Å². The lowest BCUT2D eigenvalue weighted by Gasteiger charge is -2.11. The van der Waals surface area contributed by atoms with Crippen LogP contribution in [0.15, 0.2) is 72.8 Å². The van der Waals surface area contributed by atoms with Gasteiger partial charge in [-0.3, -0.25) is 10.1 Å². The van der Waals surface area contributed by atoms with Crippen molar-refractivity contribution in [2.75, 3.05) is 13.7 Å². The van der Waals surface area contributed by atoms with E-state index in [-0.39, 0.29) is 5.69 Å². The van der Waals surface area contributed by atoms with Gasteiger partial charge in [-0.2, -0.15) is 5.26 Å². The summed E-state index contributed by atoms with van der Waals surface area (Å²) in [5.41, 5.74) is 4.04. The van der Waals surface area contributed by atoms with Crippen LogP contribution in [0.3, 0.4) is 0 Å². The van der Waals surface area contributed by atoms with Gasteiger partial charge in [0.15, 0.2) is 0 Å². The maximum Gasteiger partial charge on any atom is 0.269 e. The predicted molar refractivity (Wildman–Crippen MR) is 132 cm³/mol. The molecule has 3 aromatic carbocycles. The van der Waals surface area contributed by atoms with Crippen LogP contribution in [0.25, 0.3) is 22.6 Å². The number of nitrogens with zero attached hydrogens (tertiary/aromatic N) is 3. The summed E-state index contributed by atoms with van der Waals surface area (Å²) in [5.74, 6) is 1.47. The van der Waals surface area contributed by atoms with Crippen LogP contribution >= 0.6 is 0 Å². The summed E-state index contributed by atoms with van der Waals surface area (Å²) in [6.07, 6.45) is 1.85. The first kappa shape index (κ1) is 22.6. The fourth-order valence-electron chi connectivity index (χ4n) is 3.96. The molecule has 0 aliphatic heterocycles. The summed E-state index contributed by atoms with van der Waals surface area (Å²) in [6.45, 7) is 3.10. The number of hydrogen-bond acceptors (Lipinski definition) is 5. The zero-order valence-corrected chi connectivity index (χ0v) is 18.9. The van der Waals surface area contributed by atoms with E-state index in [4.69, 9.17) is 9.47 Å². The fourth-order valence-corrected chi connectivity index (χ4v) is 3.96. The van der Waals surface area contributed by atoms with Crippen molar-refractivity contribution >= 4 is 28.2 Å². The van der Waals surface area contributed by atoms with Gasteiger partial charge in [-0.05, 0) is 48.9 Å². The van der Waals surface area contributed by atoms with Crippen molar-refractivity contribution < 1.29 is 14.4 Å². The molecular formula is C27H23N3O4. The summed E-state index contributed by atoms with van der Waals surface area (Å²) in [6, 6.07) is 23.8. The quantitative estimate of drug-likeness (QED) is 0.185. The minimum Gasteiger partial charge on any atom is -0.497 e. The van der Waals surface area contributed by atoms with Crippen molar-refractivity contribution in [3.05, 3.63) is 99.7 Å². The second-order valence-corrected chi connectivity index (χ2v) is 7.67. The molecule has 170 valence electrons. The molecule has 1 heterocycles. The van der Waals surface area contributed by atoms with Crippen molar-refractivity contribution in [1.82, 2.24) is 4.57 Å². The average molecular weight is 453 g/mol. The largest absolute Gasteiger partial charge is 0.497 e. The lowest BCUT2D eigenvalue weighted by molar-refractivity contribution is -0.384. The molecule has 34 heavy (non-hydrogen) atoms. The molecule has 0 fully saturated rings. The lowest BCUT2D eigenvalue weighted by Crippen LogP contribution is -2.09. The maximum absolute atomic E-state index is 11.0. The van der Waals surface area contributed by atoms with E-state index in [9.17, 15) is 15.4 Å². The third-order valence-electron chi connectivity index (χ3n) is 5.70. The van der Waals surface area contributed by atoms with Gasteiger partial charge < -0.3 is 14.0 Å². The average Bonchev–Trinajstić information content (AvgIpc) is 3.13. The monoisotopic (exact) mass is 453 g/mol. The second kappa shape index (κ2) is 9.92. The number of allylic oxidation sites excluding steroid dienone is 1. The van der Waals surface area contributed by atoms with E-state index in [2.05, 4.69) is 10.6 Å². The molecule has 4 rings (SSSR count). The molecule has 0 aliphatic carbocycles. The normalized spacial score (nSPS) is 11.3. The number of fused-ring (bicyclic) bond motifs is 1. The van der Waals surface area contributed by atoms with Gasteiger partial charge in [0.05, 0.1) is 30.2 Å². The molecule has 0 saturated carbocycles. The molecule has 0 saturated heterocycles. The number of benzene rings is 3. The van der Waals surface area contributed by atoms with E-state index in [1.165, 1.54) is 12.1 Å². The molecule has 7 nitrogen and oxygen atoms in total. The Kier molecular flexibility index (Phi) is 6.60. The van der Waals surface area contributed by atoms with Crippen LogP contribution in [0.5, 0.6) is 11.5 Å². The van der Waals surface area contributed by atoms with Gasteiger partial charge in [0.2, 0.25) is 0 Å². The number of nitro groups is 1. The van der Waals surface area contributed by atoms with Gasteiger partial charge in [0.1, 0.15) is 18.1 Å². The number of nitriles is 1. The van der Waals surface area contributed by atoms with Gasteiger partial charge in [-0.1, -0.05) is 24.3 Å². The number of aromatic nitrogens is 1. The first-order valence-electron chi connectivity index (χ1n) is 10.7. The van der Waals surface area contributed by atoms with Gasteiger partial charge in [-0.25, -0.2) is 0 Å². The molecule has 1 aromatic heterocycles. The van der Waals surface area contributed by atoms with Crippen LogP contribution in [0.2, 0.25) is 0 Å². The highest BCUT2D eigenvalue weighted by atomic mass is 16.6. The Morgan fingerprint density at radius 2 is 1.82 bits per heavy atom. The van der Waals surface area contributed by atoms with Gasteiger partial charge in [0.25, 0.3) is 5.69 Å². The molecule has 4 aromatic rings. The first-order chi connectivity index (χ1) is 16.5. The number of nitro benzene ring substituents is 1. The van der Waals surface area contributed by atoms with Crippen LogP contribution in [0.1, 0.15) is 16.8 Å². The molecule has 0 bridgehead atoms. The highest BCUT2D eigenvalue weighted by molar-refractivity contribution is 5.99. The summed E-state index contributed by atoms with van der Waals surface area (Å²) in [7, 11) is 1.62. The van der Waals surface area contributed by atoms with Crippen molar-refractivity contribution in [2.24, 2.45) is 0 Å². The van der Waals surface area contributed by atoms with E-state index >= 15 is 0 Å². The van der Waals surface area contributed by atoms with E-state index in [1.54, 1.807) is 19.2 Å². The Labute approximate surface area is 197 Å². The van der Waals surface area contributed by atoms with E-state index < -0.39 is 4.92 Å². The van der Waals surface area contributed by atoms with Gasteiger partial charge in [-0.15, -0.1) is 0 Å². The molecule has 7 heteroatoms. The Morgan fingerprint density at radius 1 is 1.09 bits per heavy atom. The Hall–Kier alpha value is -4.57. The third-order valence-corrected chi connectivity index (χ3v) is 5.70. The number of ether oxygens (including phenoxy) is 2. The van der Waals surface area contributed by atoms with E-state index in [1.807, 2.05) is 61.5 Å². The molecule has 0 spiro atoms. The number of hydrogen-bond donors (Lipinski definition) is 0. The van der Waals surface area contributed by atoms with Crippen LogP contribution in [0, 0.1) is 28.4 Å². The zero-order chi connectivity index (χ0) is 24.1. The van der Waals surface area contributed by atoms with Crippen LogP contribution in [-0.4, -0.2) is 23.2 Å². The number of non-ortho nitro benzene ring substituents is 1. The minimum atomic E-state index is -0.453. The molecule has 0 amide bonds. The number of methoxy groups -OCH3 is 1. The summed E-state index contributed by atoms with van der Waals surface area (Å²) >= 11 is 0. The van der Waals surface area contributed by atoms with Crippen molar-refractivity contribution in [2.45, 2.75) is 13.5 Å². The SMILES string of the molecule is COc1cccc(OCCn2c(C)c(/C=C(/C#N)c3ccc([N+](=O)[O-])cc3)c3ccccc32)c1. The Bertz CT molecular complexity index is 1410. The highest BCUT2D eigenvalue weighted by Gasteiger charge is 2.14. The summed E-state index contributed by atoms with van der Waals surface area (Å²) in [5, 5.41) is 21.8. The highest BCUT2D eigenvalue weighted by Crippen LogP contribution is 2.30. The van der Waals surface area contributed by atoms with Crippen LogP contribution in [0.4, 0.5) is 5.69 Å². The Morgan fingerprint density at radius 3 is 2.53 bits per heavy atom. The minimum absolute atomic E-state index is 0.00939. The smallest absolute Gasteiger partial charge is 0.269 e. The van der Waals surface area contributed by atoms with Gasteiger partial charge in [0, 0.05) is 40.4 Å². The molecule has 0 N–H and O–H groups in total. The summed E-state index contributed by atoms with van der Waals surface area (Å²) < 4.78 is 13.4. The molecule has 0 atom stereocenters.